The number of carbonyl (C=O) groups is 2. The van der Waals surface area contributed by atoms with E-state index >= 15 is 0 Å². The van der Waals surface area contributed by atoms with Crippen LogP contribution < -0.4 is 10.0 Å². The lowest BCUT2D eigenvalue weighted by atomic mass is 10.0. The van der Waals surface area contributed by atoms with Crippen LogP contribution in [-0.4, -0.2) is 46.5 Å². The molecule has 1 saturated carbocycles. The van der Waals surface area contributed by atoms with Gasteiger partial charge in [-0.15, -0.1) is 0 Å². The Kier molecular flexibility index (Phi) is 5.77. The number of aromatic amines is 1. The summed E-state index contributed by atoms with van der Waals surface area (Å²) in [5.74, 6) is 0.156. The maximum absolute atomic E-state index is 12.9. The van der Waals surface area contributed by atoms with E-state index in [1.54, 1.807) is 18.5 Å². The maximum Gasteiger partial charge on any atom is 0.276 e. The second-order valence-electron chi connectivity index (χ2n) is 8.59. The SMILES string of the molecule is CS(=O)(=O)Nc1ccc(NC(=O)c2n[nH]c3ccc(-c4cncc(CC(=O)C5CC5)c4)cc23)cn1. The summed E-state index contributed by atoms with van der Waals surface area (Å²) >= 11 is 0. The highest BCUT2D eigenvalue weighted by molar-refractivity contribution is 7.92. The summed E-state index contributed by atoms with van der Waals surface area (Å²) in [4.78, 5) is 33.4. The van der Waals surface area contributed by atoms with Gasteiger partial charge in [-0.2, -0.15) is 5.10 Å². The van der Waals surface area contributed by atoms with Gasteiger partial charge in [0.25, 0.3) is 5.91 Å². The number of aromatic nitrogens is 4. The molecule has 5 rings (SSSR count). The minimum Gasteiger partial charge on any atom is -0.319 e. The Labute approximate surface area is 201 Å². The highest BCUT2D eigenvalue weighted by atomic mass is 32.2. The third-order valence-electron chi connectivity index (χ3n) is 5.63. The largest absolute Gasteiger partial charge is 0.319 e. The number of benzene rings is 1. The maximum atomic E-state index is 12.9. The number of ketones is 1. The number of Topliss-reactive ketones (excluding diaryl/α,β-unsaturated/α-hetero) is 1. The number of anilines is 2. The molecule has 10 nitrogen and oxygen atoms in total. The first-order valence-corrected chi connectivity index (χ1v) is 12.8. The van der Waals surface area contributed by atoms with Crippen LogP contribution in [0.4, 0.5) is 11.5 Å². The van der Waals surface area contributed by atoms with Crippen molar-refractivity contribution < 1.29 is 18.0 Å². The van der Waals surface area contributed by atoms with Crippen LogP contribution in [0.2, 0.25) is 0 Å². The van der Waals surface area contributed by atoms with E-state index in [1.807, 2.05) is 24.3 Å². The van der Waals surface area contributed by atoms with Gasteiger partial charge in [0.1, 0.15) is 11.6 Å². The molecule has 3 heterocycles. The van der Waals surface area contributed by atoms with E-state index in [4.69, 9.17) is 0 Å². The van der Waals surface area contributed by atoms with Crippen molar-refractivity contribution in [3.8, 4) is 11.1 Å². The molecule has 0 radical (unpaired) electrons. The molecule has 4 aromatic rings. The number of nitrogens with one attached hydrogen (secondary N) is 3. The first-order valence-electron chi connectivity index (χ1n) is 11.0. The summed E-state index contributed by atoms with van der Waals surface area (Å²) in [6.45, 7) is 0. The molecule has 178 valence electrons. The summed E-state index contributed by atoms with van der Waals surface area (Å²) < 4.78 is 24.9. The summed E-state index contributed by atoms with van der Waals surface area (Å²) in [5.41, 5.74) is 3.84. The number of H-pyrrole nitrogens is 1. The number of hydrogen-bond acceptors (Lipinski definition) is 7. The van der Waals surface area contributed by atoms with Gasteiger partial charge in [0, 0.05) is 35.7 Å². The fourth-order valence-electron chi connectivity index (χ4n) is 3.77. The zero-order valence-corrected chi connectivity index (χ0v) is 19.6. The number of fused-ring (bicyclic) bond motifs is 1. The monoisotopic (exact) mass is 490 g/mol. The normalized spacial score (nSPS) is 13.5. The van der Waals surface area contributed by atoms with Gasteiger partial charge in [-0.05, 0) is 54.3 Å². The van der Waals surface area contributed by atoms with Gasteiger partial charge in [-0.25, -0.2) is 13.4 Å². The van der Waals surface area contributed by atoms with Crippen molar-refractivity contribution in [2.75, 3.05) is 16.3 Å². The fourth-order valence-corrected chi connectivity index (χ4v) is 4.27. The molecule has 1 aliphatic carbocycles. The minimum absolute atomic E-state index is 0.148. The van der Waals surface area contributed by atoms with Gasteiger partial charge in [-0.1, -0.05) is 6.07 Å². The third-order valence-corrected chi connectivity index (χ3v) is 6.21. The topological polar surface area (TPSA) is 147 Å². The first-order chi connectivity index (χ1) is 16.7. The molecule has 0 aliphatic heterocycles. The molecular formula is C24H22N6O4S. The van der Waals surface area contributed by atoms with E-state index in [0.717, 1.165) is 35.8 Å². The smallest absolute Gasteiger partial charge is 0.276 e. The highest BCUT2D eigenvalue weighted by Crippen LogP contribution is 2.31. The van der Waals surface area contributed by atoms with Gasteiger partial charge < -0.3 is 5.32 Å². The van der Waals surface area contributed by atoms with Crippen molar-refractivity contribution in [1.82, 2.24) is 20.2 Å². The van der Waals surface area contributed by atoms with Crippen LogP contribution in [0.3, 0.4) is 0 Å². The molecule has 1 aromatic carbocycles. The zero-order valence-electron chi connectivity index (χ0n) is 18.8. The molecule has 1 aliphatic rings. The Morgan fingerprint density at radius 2 is 1.89 bits per heavy atom. The summed E-state index contributed by atoms with van der Waals surface area (Å²) in [5, 5.41) is 10.4. The second-order valence-corrected chi connectivity index (χ2v) is 10.3. The second kappa shape index (κ2) is 8.91. The minimum atomic E-state index is -3.45. The van der Waals surface area contributed by atoms with Crippen LogP contribution in [0.1, 0.15) is 28.9 Å². The Balaban J connectivity index is 1.36. The third kappa shape index (κ3) is 5.35. The predicted molar refractivity (Wildman–Crippen MR) is 131 cm³/mol. The molecule has 0 saturated heterocycles. The lowest BCUT2D eigenvalue weighted by molar-refractivity contribution is -0.119. The van der Waals surface area contributed by atoms with E-state index in [0.29, 0.717) is 23.0 Å². The van der Waals surface area contributed by atoms with E-state index in [9.17, 15) is 18.0 Å². The van der Waals surface area contributed by atoms with Crippen LogP contribution in [0.5, 0.6) is 0 Å². The number of sulfonamides is 1. The number of hydrogen-bond donors (Lipinski definition) is 3. The molecular weight excluding hydrogens is 468 g/mol. The molecule has 11 heteroatoms. The Hall–Kier alpha value is -4.12. The average Bonchev–Trinajstić information content (AvgIpc) is 3.59. The van der Waals surface area contributed by atoms with Crippen LogP contribution in [0.25, 0.3) is 22.0 Å². The summed E-state index contributed by atoms with van der Waals surface area (Å²) in [6, 6.07) is 10.5. The van der Waals surface area contributed by atoms with Gasteiger partial charge >= 0.3 is 0 Å². The van der Waals surface area contributed by atoms with E-state index < -0.39 is 15.9 Å². The van der Waals surface area contributed by atoms with Crippen LogP contribution >= 0.6 is 0 Å². The van der Waals surface area contributed by atoms with Crippen molar-refractivity contribution in [2.45, 2.75) is 19.3 Å². The molecule has 0 atom stereocenters. The van der Waals surface area contributed by atoms with Crippen molar-refractivity contribution >= 4 is 44.1 Å². The zero-order chi connectivity index (χ0) is 24.6. The summed E-state index contributed by atoms with van der Waals surface area (Å²) in [7, 11) is -3.45. The standard InChI is InChI=1S/C24H22N6O4S/c1-35(33,34)30-22-7-5-18(13-26-22)27-24(32)23-19-10-16(4-6-20(19)28-29-23)17-8-14(11-25-12-17)9-21(31)15-2-3-15/h4-8,10-13,15H,2-3,9H2,1H3,(H,26,30)(H,27,32)(H,28,29). The van der Waals surface area contributed by atoms with Gasteiger partial charge in [0.2, 0.25) is 10.0 Å². The number of carbonyl (C=O) groups excluding carboxylic acids is 2. The van der Waals surface area contributed by atoms with Gasteiger partial charge in [0.15, 0.2) is 5.69 Å². The molecule has 3 N–H and O–H groups in total. The molecule has 0 unspecified atom stereocenters. The van der Waals surface area contributed by atoms with Gasteiger partial charge in [-0.3, -0.25) is 24.4 Å². The quantitative estimate of drug-likeness (QED) is 0.344. The summed E-state index contributed by atoms with van der Waals surface area (Å²) in [6.07, 6.45) is 8.15. The molecule has 3 aromatic heterocycles. The first kappa shape index (κ1) is 22.7. The Bertz CT molecular complexity index is 1540. The van der Waals surface area contributed by atoms with Crippen molar-refractivity contribution in [1.29, 1.82) is 0 Å². The average molecular weight is 491 g/mol. The fraction of sp³-hybridized carbons (Fsp3) is 0.208. The van der Waals surface area contributed by atoms with Gasteiger partial charge in [0.05, 0.1) is 23.7 Å². The van der Waals surface area contributed by atoms with Crippen molar-refractivity contribution in [3.63, 3.8) is 0 Å². The van der Waals surface area contributed by atoms with Crippen LogP contribution in [0.15, 0.2) is 55.0 Å². The Morgan fingerprint density at radius 1 is 1.06 bits per heavy atom. The van der Waals surface area contributed by atoms with Crippen molar-refractivity contribution in [2.24, 2.45) is 5.92 Å². The molecule has 0 bridgehead atoms. The number of amides is 1. The molecule has 0 spiro atoms. The molecule has 35 heavy (non-hydrogen) atoms. The lowest BCUT2D eigenvalue weighted by Crippen LogP contribution is -2.14. The van der Waals surface area contributed by atoms with E-state index in [-0.39, 0.29) is 23.2 Å². The number of nitrogens with zero attached hydrogens (tertiary/aromatic N) is 3. The molecule has 1 fully saturated rings. The number of rotatable bonds is 8. The van der Waals surface area contributed by atoms with Crippen molar-refractivity contribution in [3.05, 3.63) is 66.2 Å². The van der Waals surface area contributed by atoms with Crippen LogP contribution in [0, 0.1) is 5.92 Å². The highest BCUT2D eigenvalue weighted by Gasteiger charge is 2.29. The predicted octanol–water partition coefficient (Wildman–Crippen LogP) is 3.17. The number of pyridine rings is 2. The van der Waals surface area contributed by atoms with E-state index in [2.05, 4.69) is 30.2 Å². The lowest BCUT2D eigenvalue weighted by Gasteiger charge is -2.07. The molecule has 1 amide bonds. The Morgan fingerprint density at radius 3 is 2.60 bits per heavy atom. The van der Waals surface area contributed by atoms with Crippen LogP contribution in [-0.2, 0) is 21.2 Å². The van der Waals surface area contributed by atoms with E-state index in [1.165, 1.54) is 12.3 Å².